The van der Waals surface area contributed by atoms with Crippen LogP contribution in [-0.2, 0) is 16.0 Å². The molecular weight excluding hydrogens is 254 g/mol. The molecule has 2 rings (SSSR count). The largest absolute Gasteiger partial charge is 0.481 e. The van der Waals surface area contributed by atoms with Crippen LogP contribution in [0.3, 0.4) is 0 Å². The standard InChI is InChI=1S/C16H23NO3/c1-2-3-9-20-10-8-17-12-14(16(18)19)11-13-6-4-5-7-15(13)17/h4-7,14H,2-3,8-12H2,1H3,(H,18,19). The predicted octanol–water partition coefficient (Wildman–Crippen LogP) is 2.57. The number of ether oxygens (including phenoxy) is 1. The zero-order valence-corrected chi connectivity index (χ0v) is 12.0. The number of rotatable bonds is 7. The molecule has 1 aliphatic rings. The number of fused-ring (bicyclic) bond motifs is 1. The highest BCUT2D eigenvalue weighted by molar-refractivity contribution is 5.73. The van der Waals surface area contributed by atoms with E-state index < -0.39 is 5.97 Å². The third kappa shape index (κ3) is 3.73. The molecular formula is C16H23NO3. The topological polar surface area (TPSA) is 49.8 Å². The summed E-state index contributed by atoms with van der Waals surface area (Å²) in [7, 11) is 0. The van der Waals surface area contributed by atoms with Gasteiger partial charge in [0, 0.05) is 25.4 Å². The van der Waals surface area contributed by atoms with E-state index in [-0.39, 0.29) is 5.92 Å². The van der Waals surface area contributed by atoms with Crippen LogP contribution in [0.4, 0.5) is 5.69 Å². The Kier molecular flexibility index (Phi) is 5.41. The van der Waals surface area contributed by atoms with Crippen molar-refractivity contribution in [2.45, 2.75) is 26.2 Å². The van der Waals surface area contributed by atoms with Crippen molar-refractivity contribution in [1.82, 2.24) is 0 Å². The predicted molar refractivity (Wildman–Crippen MR) is 79.2 cm³/mol. The van der Waals surface area contributed by atoms with Crippen molar-refractivity contribution in [3.8, 4) is 0 Å². The molecule has 1 atom stereocenters. The summed E-state index contributed by atoms with van der Waals surface area (Å²) in [6, 6.07) is 8.07. The van der Waals surface area contributed by atoms with Crippen LogP contribution in [0.15, 0.2) is 24.3 Å². The van der Waals surface area contributed by atoms with Gasteiger partial charge in [-0.15, -0.1) is 0 Å². The molecule has 20 heavy (non-hydrogen) atoms. The Labute approximate surface area is 120 Å². The summed E-state index contributed by atoms with van der Waals surface area (Å²) < 4.78 is 5.60. The van der Waals surface area contributed by atoms with Gasteiger partial charge in [-0.3, -0.25) is 4.79 Å². The second kappa shape index (κ2) is 7.29. The van der Waals surface area contributed by atoms with Crippen LogP contribution in [-0.4, -0.2) is 37.4 Å². The minimum absolute atomic E-state index is 0.319. The van der Waals surface area contributed by atoms with Crippen LogP contribution in [0.5, 0.6) is 0 Å². The number of hydrogen-bond donors (Lipinski definition) is 1. The molecule has 1 unspecified atom stereocenters. The zero-order valence-electron chi connectivity index (χ0n) is 12.0. The molecule has 0 aromatic heterocycles. The van der Waals surface area contributed by atoms with Gasteiger partial charge in [0.15, 0.2) is 0 Å². The molecule has 1 aliphatic heterocycles. The summed E-state index contributed by atoms with van der Waals surface area (Å²) in [6.45, 7) is 4.91. The van der Waals surface area contributed by atoms with Gasteiger partial charge in [-0.1, -0.05) is 31.5 Å². The maximum atomic E-state index is 11.3. The first-order chi connectivity index (χ1) is 9.72. The van der Waals surface area contributed by atoms with E-state index in [0.717, 1.165) is 37.2 Å². The molecule has 110 valence electrons. The van der Waals surface area contributed by atoms with Crippen LogP contribution in [0.1, 0.15) is 25.3 Å². The summed E-state index contributed by atoms with van der Waals surface area (Å²) in [5, 5.41) is 9.27. The molecule has 4 heteroatoms. The zero-order chi connectivity index (χ0) is 14.4. The molecule has 0 amide bonds. The number of para-hydroxylation sites is 1. The Morgan fingerprint density at radius 1 is 1.40 bits per heavy atom. The van der Waals surface area contributed by atoms with Crippen molar-refractivity contribution in [1.29, 1.82) is 0 Å². The third-order valence-corrected chi connectivity index (χ3v) is 3.74. The summed E-state index contributed by atoms with van der Waals surface area (Å²) in [5.41, 5.74) is 2.28. The van der Waals surface area contributed by atoms with E-state index in [4.69, 9.17) is 4.74 Å². The van der Waals surface area contributed by atoms with Crippen LogP contribution < -0.4 is 4.90 Å². The van der Waals surface area contributed by atoms with Crippen LogP contribution in [0.25, 0.3) is 0 Å². The molecule has 0 saturated heterocycles. The third-order valence-electron chi connectivity index (χ3n) is 3.74. The average Bonchev–Trinajstić information content (AvgIpc) is 2.46. The maximum absolute atomic E-state index is 11.3. The fraction of sp³-hybridized carbons (Fsp3) is 0.562. The minimum atomic E-state index is -0.712. The highest BCUT2D eigenvalue weighted by Gasteiger charge is 2.28. The molecule has 1 aromatic rings. The molecule has 0 saturated carbocycles. The molecule has 0 radical (unpaired) electrons. The molecule has 1 aromatic carbocycles. The number of carboxylic acid groups (broad SMARTS) is 1. The number of anilines is 1. The van der Waals surface area contributed by atoms with Gasteiger partial charge in [0.2, 0.25) is 0 Å². The lowest BCUT2D eigenvalue weighted by atomic mass is 9.92. The Hall–Kier alpha value is -1.55. The number of hydrogen-bond acceptors (Lipinski definition) is 3. The number of carbonyl (C=O) groups is 1. The second-order valence-corrected chi connectivity index (χ2v) is 5.28. The molecule has 0 spiro atoms. The van der Waals surface area contributed by atoms with Gasteiger partial charge in [-0.25, -0.2) is 0 Å². The Bertz CT molecular complexity index is 447. The number of nitrogens with zero attached hydrogens (tertiary/aromatic N) is 1. The minimum Gasteiger partial charge on any atom is -0.481 e. The lowest BCUT2D eigenvalue weighted by Gasteiger charge is -2.34. The molecule has 0 bridgehead atoms. The van der Waals surface area contributed by atoms with E-state index in [2.05, 4.69) is 17.9 Å². The van der Waals surface area contributed by atoms with Crippen LogP contribution in [0.2, 0.25) is 0 Å². The molecule has 4 nitrogen and oxygen atoms in total. The number of benzene rings is 1. The fourth-order valence-electron chi connectivity index (χ4n) is 2.59. The highest BCUT2D eigenvalue weighted by atomic mass is 16.5. The van der Waals surface area contributed by atoms with E-state index >= 15 is 0 Å². The average molecular weight is 277 g/mol. The van der Waals surface area contributed by atoms with Crippen molar-refractivity contribution in [2.24, 2.45) is 5.92 Å². The van der Waals surface area contributed by atoms with Gasteiger partial charge in [-0.05, 0) is 24.5 Å². The smallest absolute Gasteiger partial charge is 0.308 e. The summed E-state index contributed by atoms with van der Waals surface area (Å²) in [5.74, 6) is -1.03. The normalized spacial score (nSPS) is 17.9. The van der Waals surface area contributed by atoms with Crippen molar-refractivity contribution in [2.75, 3.05) is 31.2 Å². The summed E-state index contributed by atoms with van der Waals surface area (Å²) >= 11 is 0. The van der Waals surface area contributed by atoms with E-state index in [1.54, 1.807) is 0 Å². The number of aliphatic carboxylic acids is 1. The van der Waals surface area contributed by atoms with Gasteiger partial charge in [0.25, 0.3) is 0 Å². The SMILES string of the molecule is CCCCOCCN1CC(C(=O)O)Cc2ccccc21. The van der Waals surface area contributed by atoms with Crippen LogP contribution in [0, 0.1) is 5.92 Å². The summed E-state index contributed by atoms with van der Waals surface area (Å²) in [4.78, 5) is 13.4. The lowest BCUT2D eigenvalue weighted by molar-refractivity contribution is -0.141. The monoisotopic (exact) mass is 277 g/mol. The molecule has 0 aliphatic carbocycles. The van der Waals surface area contributed by atoms with Crippen molar-refractivity contribution < 1.29 is 14.6 Å². The Morgan fingerprint density at radius 2 is 2.20 bits per heavy atom. The first-order valence-electron chi connectivity index (χ1n) is 7.35. The molecule has 0 fully saturated rings. The van der Waals surface area contributed by atoms with Gasteiger partial charge >= 0.3 is 5.97 Å². The Morgan fingerprint density at radius 3 is 2.95 bits per heavy atom. The number of unbranched alkanes of at least 4 members (excludes halogenated alkanes) is 1. The maximum Gasteiger partial charge on any atom is 0.308 e. The molecule has 1 N–H and O–H groups in total. The fourth-order valence-corrected chi connectivity index (χ4v) is 2.59. The second-order valence-electron chi connectivity index (χ2n) is 5.28. The first kappa shape index (κ1) is 14.9. The van der Waals surface area contributed by atoms with E-state index in [9.17, 15) is 9.90 Å². The van der Waals surface area contributed by atoms with E-state index in [1.165, 1.54) is 0 Å². The van der Waals surface area contributed by atoms with Crippen molar-refractivity contribution in [3.63, 3.8) is 0 Å². The summed E-state index contributed by atoms with van der Waals surface area (Å²) in [6.07, 6.45) is 2.83. The quantitative estimate of drug-likeness (QED) is 0.778. The van der Waals surface area contributed by atoms with Gasteiger partial charge in [0.05, 0.1) is 12.5 Å². The van der Waals surface area contributed by atoms with Crippen molar-refractivity contribution in [3.05, 3.63) is 29.8 Å². The number of carboxylic acids is 1. The van der Waals surface area contributed by atoms with E-state index in [0.29, 0.717) is 19.6 Å². The van der Waals surface area contributed by atoms with Gasteiger partial charge in [-0.2, -0.15) is 0 Å². The molecule has 1 heterocycles. The first-order valence-corrected chi connectivity index (χ1v) is 7.35. The van der Waals surface area contributed by atoms with Crippen LogP contribution >= 0.6 is 0 Å². The van der Waals surface area contributed by atoms with Crippen molar-refractivity contribution >= 4 is 11.7 Å². The Balaban J connectivity index is 1.97. The van der Waals surface area contributed by atoms with E-state index in [1.807, 2.05) is 18.2 Å². The highest BCUT2D eigenvalue weighted by Crippen LogP contribution is 2.29. The van der Waals surface area contributed by atoms with Gasteiger partial charge < -0.3 is 14.7 Å². The van der Waals surface area contributed by atoms with Gasteiger partial charge in [0.1, 0.15) is 0 Å². The lowest BCUT2D eigenvalue weighted by Crippen LogP contribution is -2.40.